The number of likely N-dealkylation sites (tertiary alicyclic amines) is 2. The third kappa shape index (κ3) is 5.40. The Bertz CT molecular complexity index is 2450. The number of benzene rings is 2. The number of rotatable bonds is 6. The number of anilines is 1. The molecule has 0 N–H and O–H groups in total. The van der Waals surface area contributed by atoms with E-state index in [0.717, 1.165) is 11.1 Å². The van der Waals surface area contributed by atoms with E-state index < -0.39 is 32.7 Å². The molecule has 54 heavy (non-hydrogen) atoms. The van der Waals surface area contributed by atoms with Gasteiger partial charge in [-0.15, -0.1) is 0 Å². The third-order valence-corrected chi connectivity index (χ3v) is 12.8. The van der Waals surface area contributed by atoms with Crippen LogP contribution in [0.25, 0.3) is 33.4 Å². The third-order valence-electron chi connectivity index (χ3n) is 11.1. The predicted molar refractivity (Wildman–Crippen MR) is 203 cm³/mol. The van der Waals surface area contributed by atoms with Gasteiger partial charge in [0.05, 0.1) is 52.1 Å². The second-order valence-corrected chi connectivity index (χ2v) is 17.4. The Morgan fingerprint density at radius 2 is 1.61 bits per heavy atom. The number of fused-ring (bicyclic) bond motifs is 4. The van der Waals surface area contributed by atoms with Gasteiger partial charge in [-0.05, 0) is 51.3 Å². The molecule has 3 aliphatic rings. The maximum absolute atomic E-state index is 14.8. The summed E-state index contributed by atoms with van der Waals surface area (Å²) in [5.74, 6) is -0.0784. The number of ether oxygens (including phenoxy) is 1. The molecule has 2 fully saturated rings. The van der Waals surface area contributed by atoms with Crippen molar-refractivity contribution in [3.63, 3.8) is 0 Å². The molecule has 13 nitrogen and oxygen atoms in total. The van der Waals surface area contributed by atoms with Gasteiger partial charge in [-0.1, -0.05) is 48.5 Å². The standard InChI is InChI=1S/C40H42N8O5S/c1-38(2,3)53-37(50)46-25-39(26-46,16-19-41)47-20-17-40(18-21-47)33-30(45(5)36(40)49)23-42-35-32(33)31(27-12-8-6-9-13-27)34(28-22-43-44(4)24-28)48(35)54(51,52)29-14-10-7-11-15-29/h6-15,22-24H,16-18,20-21,25-26H2,1-5H3. The zero-order valence-corrected chi connectivity index (χ0v) is 31.8. The van der Waals surface area contributed by atoms with E-state index in [0.29, 0.717) is 66.9 Å². The maximum Gasteiger partial charge on any atom is 0.410 e. The molecule has 2 saturated heterocycles. The molecule has 278 valence electrons. The summed E-state index contributed by atoms with van der Waals surface area (Å²) in [5.41, 5.74) is 1.84. The summed E-state index contributed by atoms with van der Waals surface area (Å²) in [5, 5.41) is 15.0. The Morgan fingerprint density at radius 3 is 2.20 bits per heavy atom. The minimum Gasteiger partial charge on any atom is -0.444 e. The molecule has 0 unspecified atom stereocenters. The van der Waals surface area contributed by atoms with E-state index in [2.05, 4.69) is 16.1 Å². The van der Waals surface area contributed by atoms with Gasteiger partial charge >= 0.3 is 6.09 Å². The van der Waals surface area contributed by atoms with Crippen molar-refractivity contribution in [2.24, 2.45) is 7.05 Å². The van der Waals surface area contributed by atoms with Crippen molar-refractivity contribution in [3.8, 4) is 28.5 Å². The molecule has 0 atom stereocenters. The number of aryl methyl sites for hydroxylation is 1. The van der Waals surface area contributed by atoms with Gasteiger partial charge in [-0.25, -0.2) is 22.2 Å². The Kier molecular flexibility index (Phi) is 8.24. The summed E-state index contributed by atoms with van der Waals surface area (Å²) < 4.78 is 38.3. The summed E-state index contributed by atoms with van der Waals surface area (Å²) >= 11 is 0. The number of carbonyl (C=O) groups is 2. The summed E-state index contributed by atoms with van der Waals surface area (Å²) in [6.45, 7) is 7.17. The number of piperidine rings is 1. The van der Waals surface area contributed by atoms with Gasteiger partial charge in [0, 0.05) is 68.5 Å². The van der Waals surface area contributed by atoms with Gasteiger partial charge in [0.25, 0.3) is 10.0 Å². The van der Waals surface area contributed by atoms with Gasteiger partial charge in [0.15, 0.2) is 5.65 Å². The molecule has 3 aliphatic heterocycles. The molecule has 1 spiro atoms. The number of hydrogen-bond acceptors (Lipinski definition) is 9. The Labute approximate surface area is 314 Å². The van der Waals surface area contributed by atoms with Crippen molar-refractivity contribution in [2.45, 2.75) is 61.5 Å². The number of hydrogen-bond donors (Lipinski definition) is 0. The van der Waals surface area contributed by atoms with E-state index in [9.17, 15) is 23.3 Å². The summed E-state index contributed by atoms with van der Waals surface area (Å²) in [6, 6.07) is 20.3. The van der Waals surface area contributed by atoms with Crippen molar-refractivity contribution in [1.82, 2.24) is 28.5 Å². The smallest absolute Gasteiger partial charge is 0.410 e. The Hall–Kier alpha value is -5.52. The van der Waals surface area contributed by atoms with E-state index >= 15 is 0 Å². The average molecular weight is 747 g/mol. The maximum atomic E-state index is 14.8. The minimum absolute atomic E-state index is 0.0784. The molecular formula is C40H42N8O5S. The van der Waals surface area contributed by atoms with Crippen LogP contribution < -0.4 is 4.90 Å². The Morgan fingerprint density at radius 1 is 0.963 bits per heavy atom. The first kappa shape index (κ1) is 35.5. The van der Waals surface area contributed by atoms with E-state index in [-0.39, 0.29) is 22.9 Å². The summed E-state index contributed by atoms with van der Waals surface area (Å²) in [4.78, 5) is 38.1. The number of carbonyl (C=O) groups excluding carboxylic acids is 2. The number of amides is 2. The van der Waals surface area contributed by atoms with Crippen LogP contribution in [0.4, 0.5) is 10.5 Å². The monoisotopic (exact) mass is 746 g/mol. The molecule has 0 aliphatic carbocycles. The molecule has 8 rings (SSSR count). The highest BCUT2D eigenvalue weighted by Gasteiger charge is 2.57. The number of nitrogens with zero attached hydrogens (tertiary/aromatic N) is 8. The highest BCUT2D eigenvalue weighted by Crippen LogP contribution is 2.55. The van der Waals surface area contributed by atoms with E-state index in [1.165, 1.54) is 3.97 Å². The number of nitriles is 1. The van der Waals surface area contributed by atoms with E-state index in [1.54, 1.807) is 77.5 Å². The van der Waals surface area contributed by atoms with Crippen LogP contribution in [-0.4, -0.2) is 93.3 Å². The summed E-state index contributed by atoms with van der Waals surface area (Å²) in [7, 11) is -0.694. The minimum atomic E-state index is -4.23. The lowest BCUT2D eigenvalue weighted by Crippen LogP contribution is -2.72. The SMILES string of the molecule is CN1C(=O)C2(CCN(C3(CC#N)CN(C(=O)OC(C)(C)C)C3)CC2)c2c1cnc1c2c(-c2ccccc2)c(-c2cnn(C)c2)n1S(=O)(=O)c1ccccc1. The highest BCUT2D eigenvalue weighted by molar-refractivity contribution is 7.90. The zero-order valence-electron chi connectivity index (χ0n) is 31.0. The quantitative estimate of drug-likeness (QED) is 0.218. The number of likely N-dealkylation sites (N-methyl/N-ethyl adjacent to an activating group) is 1. The average Bonchev–Trinajstić information content (AvgIpc) is 3.78. The van der Waals surface area contributed by atoms with Crippen LogP contribution >= 0.6 is 0 Å². The van der Waals surface area contributed by atoms with Crippen LogP contribution in [0, 0.1) is 11.3 Å². The van der Waals surface area contributed by atoms with Gasteiger partial charge in [0.1, 0.15) is 5.60 Å². The molecule has 5 aromatic rings. The molecule has 0 bridgehead atoms. The lowest BCUT2D eigenvalue weighted by atomic mass is 9.70. The lowest BCUT2D eigenvalue weighted by molar-refractivity contribution is -0.127. The molecule has 6 heterocycles. The largest absolute Gasteiger partial charge is 0.444 e. The fourth-order valence-electron chi connectivity index (χ4n) is 8.62. The molecule has 14 heteroatoms. The first-order valence-corrected chi connectivity index (χ1v) is 19.5. The van der Waals surface area contributed by atoms with Crippen molar-refractivity contribution in [3.05, 3.63) is 84.8 Å². The van der Waals surface area contributed by atoms with Gasteiger partial charge in [0.2, 0.25) is 5.91 Å². The molecule has 0 saturated carbocycles. The second-order valence-electron chi connectivity index (χ2n) is 15.6. The van der Waals surface area contributed by atoms with Crippen LogP contribution in [0.3, 0.4) is 0 Å². The summed E-state index contributed by atoms with van der Waals surface area (Å²) in [6.07, 6.45) is 5.73. The molecule has 3 aromatic heterocycles. The van der Waals surface area contributed by atoms with Crippen molar-refractivity contribution in [2.75, 3.05) is 38.1 Å². The molecule has 2 aromatic carbocycles. The van der Waals surface area contributed by atoms with Crippen molar-refractivity contribution >= 4 is 38.7 Å². The van der Waals surface area contributed by atoms with Crippen LogP contribution in [0.5, 0.6) is 0 Å². The highest BCUT2D eigenvalue weighted by atomic mass is 32.2. The van der Waals surface area contributed by atoms with E-state index in [1.807, 2.05) is 51.1 Å². The predicted octanol–water partition coefficient (Wildman–Crippen LogP) is 5.55. The molecule has 2 amide bonds. The first-order valence-electron chi connectivity index (χ1n) is 18.0. The lowest BCUT2D eigenvalue weighted by Gasteiger charge is -2.57. The topological polar surface area (TPSA) is 147 Å². The Balaban J connectivity index is 1.30. The number of aromatic nitrogens is 4. The molecular weight excluding hydrogens is 705 g/mol. The van der Waals surface area contributed by atoms with Gasteiger partial charge in [-0.3, -0.25) is 14.4 Å². The van der Waals surface area contributed by atoms with Crippen LogP contribution in [0.15, 0.2) is 84.1 Å². The number of pyridine rings is 1. The first-order chi connectivity index (χ1) is 25.7. The fraction of sp³-hybridized carbons (Fsp3) is 0.375. The van der Waals surface area contributed by atoms with Crippen LogP contribution in [0.1, 0.15) is 45.6 Å². The van der Waals surface area contributed by atoms with Crippen molar-refractivity contribution in [1.29, 1.82) is 5.26 Å². The molecule has 0 radical (unpaired) electrons. The van der Waals surface area contributed by atoms with E-state index in [4.69, 9.17) is 9.72 Å². The zero-order chi connectivity index (χ0) is 38.2. The van der Waals surface area contributed by atoms with Gasteiger partial charge < -0.3 is 14.5 Å². The van der Waals surface area contributed by atoms with Crippen LogP contribution in [0.2, 0.25) is 0 Å². The fourth-order valence-corrected chi connectivity index (χ4v) is 10.1. The second kappa shape index (κ2) is 12.5. The normalized spacial score (nSPS) is 18.1. The van der Waals surface area contributed by atoms with Crippen molar-refractivity contribution < 1.29 is 22.7 Å². The van der Waals surface area contributed by atoms with Gasteiger partial charge in [-0.2, -0.15) is 10.4 Å². The van der Waals surface area contributed by atoms with Crippen LogP contribution in [-0.2, 0) is 32.0 Å².